The molecule has 0 bridgehead atoms. The third-order valence-electron chi connectivity index (χ3n) is 0.868. The van der Waals surface area contributed by atoms with E-state index in [-0.39, 0.29) is 0 Å². The first-order valence-electron chi connectivity index (χ1n) is 2.46. The summed E-state index contributed by atoms with van der Waals surface area (Å²) in [7, 11) is 0. The van der Waals surface area contributed by atoms with Crippen molar-refractivity contribution in [1.29, 1.82) is 0 Å². The lowest BCUT2D eigenvalue weighted by molar-refractivity contribution is -0.134. The van der Waals surface area contributed by atoms with Crippen LogP contribution in [0.15, 0.2) is 0 Å². The maximum absolute atomic E-state index is 10.3. The SMILES string of the molecule is C[C@H](O)[C@@H](O)C(=O)NN. The Morgan fingerprint density at radius 2 is 2.11 bits per heavy atom. The van der Waals surface area contributed by atoms with Crippen molar-refractivity contribution in [2.45, 2.75) is 19.1 Å². The summed E-state index contributed by atoms with van der Waals surface area (Å²) in [6, 6.07) is 0. The molecule has 54 valence electrons. The van der Waals surface area contributed by atoms with E-state index in [1.807, 2.05) is 0 Å². The minimum absolute atomic E-state index is 0.787. The number of rotatable bonds is 2. The fourth-order valence-corrected chi connectivity index (χ4v) is 0.304. The van der Waals surface area contributed by atoms with E-state index in [1.54, 1.807) is 5.43 Å². The Morgan fingerprint density at radius 1 is 1.67 bits per heavy atom. The van der Waals surface area contributed by atoms with E-state index < -0.39 is 18.1 Å². The number of nitrogens with one attached hydrogen (secondary N) is 1. The summed E-state index contributed by atoms with van der Waals surface area (Å²) in [6.07, 6.45) is -2.52. The molecule has 1 amide bonds. The van der Waals surface area contributed by atoms with Gasteiger partial charge in [0, 0.05) is 0 Å². The molecule has 0 fully saturated rings. The molecule has 0 saturated carbocycles. The molecule has 0 unspecified atom stereocenters. The summed E-state index contributed by atoms with van der Waals surface area (Å²) >= 11 is 0. The van der Waals surface area contributed by atoms with Gasteiger partial charge in [0.1, 0.15) is 0 Å². The van der Waals surface area contributed by atoms with Gasteiger partial charge in [-0.2, -0.15) is 0 Å². The molecular formula is C4H10N2O3. The quantitative estimate of drug-likeness (QED) is 0.194. The van der Waals surface area contributed by atoms with E-state index in [0.29, 0.717) is 0 Å². The van der Waals surface area contributed by atoms with Gasteiger partial charge in [0.05, 0.1) is 6.10 Å². The zero-order chi connectivity index (χ0) is 7.44. The topological polar surface area (TPSA) is 95.6 Å². The van der Waals surface area contributed by atoms with Crippen LogP contribution >= 0.6 is 0 Å². The lowest BCUT2D eigenvalue weighted by atomic mass is 10.2. The van der Waals surface area contributed by atoms with Gasteiger partial charge in [0.15, 0.2) is 6.10 Å². The highest BCUT2D eigenvalue weighted by Crippen LogP contribution is 1.89. The van der Waals surface area contributed by atoms with E-state index in [1.165, 1.54) is 6.92 Å². The molecule has 0 aromatic heterocycles. The van der Waals surface area contributed by atoms with Gasteiger partial charge in [-0.1, -0.05) is 0 Å². The summed E-state index contributed by atoms with van der Waals surface area (Å²) in [5.41, 5.74) is 1.70. The molecule has 0 aliphatic carbocycles. The van der Waals surface area contributed by atoms with Crippen molar-refractivity contribution in [3.8, 4) is 0 Å². The molecule has 0 aliphatic heterocycles. The van der Waals surface area contributed by atoms with E-state index >= 15 is 0 Å². The Balaban J connectivity index is 3.72. The number of aliphatic hydroxyl groups is 2. The second-order valence-corrected chi connectivity index (χ2v) is 1.69. The van der Waals surface area contributed by atoms with Crippen molar-refractivity contribution in [3.05, 3.63) is 0 Å². The smallest absolute Gasteiger partial charge is 0.265 e. The highest BCUT2D eigenvalue weighted by atomic mass is 16.3. The van der Waals surface area contributed by atoms with Gasteiger partial charge in [-0.05, 0) is 6.92 Å². The first-order valence-corrected chi connectivity index (χ1v) is 2.46. The van der Waals surface area contributed by atoms with Crippen molar-refractivity contribution >= 4 is 5.91 Å². The van der Waals surface area contributed by atoms with Crippen LogP contribution in [-0.4, -0.2) is 28.3 Å². The minimum Gasteiger partial charge on any atom is -0.390 e. The molecule has 5 nitrogen and oxygen atoms in total. The van der Waals surface area contributed by atoms with Crippen LogP contribution in [0.5, 0.6) is 0 Å². The summed E-state index contributed by atoms with van der Waals surface area (Å²) in [4.78, 5) is 10.3. The maximum atomic E-state index is 10.3. The summed E-state index contributed by atoms with van der Waals surface area (Å²) in [5, 5.41) is 17.2. The average Bonchev–Trinajstić information content (AvgIpc) is 1.84. The van der Waals surface area contributed by atoms with Gasteiger partial charge in [-0.25, -0.2) is 5.84 Å². The third kappa shape index (κ3) is 2.41. The Hall–Kier alpha value is -0.650. The van der Waals surface area contributed by atoms with Gasteiger partial charge < -0.3 is 10.2 Å². The summed E-state index contributed by atoms with van der Waals surface area (Å²) < 4.78 is 0. The lowest BCUT2D eigenvalue weighted by Gasteiger charge is -2.09. The number of hydrogen-bond acceptors (Lipinski definition) is 4. The zero-order valence-electron chi connectivity index (χ0n) is 5.03. The van der Waals surface area contributed by atoms with Gasteiger partial charge in [-0.15, -0.1) is 0 Å². The first-order chi connectivity index (χ1) is 4.09. The van der Waals surface area contributed by atoms with Gasteiger partial charge >= 0.3 is 0 Å². The Kier molecular flexibility index (Phi) is 3.15. The monoisotopic (exact) mass is 134 g/mol. The molecule has 5 heteroatoms. The van der Waals surface area contributed by atoms with Crippen LogP contribution < -0.4 is 11.3 Å². The minimum atomic E-state index is -1.44. The molecule has 0 spiro atoms. The molecule has 0 radical (unpaired) electrons. The van der Waals surface area contributed by atoms with Crippen LogP contribution in [0.4, 0.5) is 0 Å². The highest BCUT2D eigenvalue weighted by Gasteiger charge is 2.18. The van der Waals surface area contributed by atoms with Gasteiger partial charge in [0.25, 0.3) is 5.91 Å². The first kappa shape index (κ1) is 8.35. The number of hydrazine groups is 1. The second kappa shape index (κ2) is 3.39. The normalized spacial score (nSPS) is 16.4. The molecule has 0 aromatic rings. The Morgan fingerprint density at radius 3 is 2.22 bits per heavy atom. The number of amides is 1. The van der Waals surface area contributed by atoms with Crippen LogP contribution in [0, 0.1) is 0 Å². The molecule has 0 aromatic carbocycles. The molecular weight excluding hydrogens is 124 g/mol. The van der Waals surface area contributed by atoms with Crippen molar-refractivity contribution in [1.82, 2.24) is 5.43 Å². The number of carbonyl (C=O) groups is 1. The highest BCUT2D eigenvalue weighted by molar-refractivity contribution is 5.80. The van der Waals surface area contributed by atoms with Gasteiger partial charge in [0.2, 0.25) is 0 Å². The summed E-state index contributed by atoms with van der Waals surface area (Å²) in [6.45, 7) is 1.29. The zero-order valence-corrected chi connectivity index (χ0v) is 5.03. The van der Waals surface area contributed by atoms with Crippen LogP contribution in [0.1, 0.15) is 6.92 Å². The van der Waals surface area contributed by atoms with Crippen LogP contribution in [-0.2, 0) is 4.79 Å². The number of aliphatic hydroxyl groups excluding tert-OH is 2. The van der Waals surface area contributed by atoms with E-state index in [9.17, 15) is 4.79 Å². The van der Waals surface area contributed by atoms with E-state index in [0.717, 1.165) is 0 Å². The molecule has 2 atom stereocenters. The van der Waals surface area contributed by atoms with Gasteiger partial charge in [-0.3, -0.25) is 10.2 Å². The number of nitrogens with two attached hydrogens (primary N) is 1. The molecule has 0 aliphatic rings. The van der Waals surface area contributed by atoms with Crippen LogP contribution in [0.25, 0.3) is 0 Å². The third-order valence-corrected chi connectivity index (χ3v) is 0.868. The number of carbonyl (C=O) groups excluding carboxylic acids is 1. The largest absolute Gasteiger partial charge is 0.390 e. The molecule has 0 rings (SSSR count). The second-order valence-electron chi connectivity index (χ2n) is 1.69. The molecule has 5 N–H and O–H groups in total. The fraction of sp³-hybridized carbons (Fsp3) is 0.750. The lowest BCUT2D eigenvalue weighted by Crippen LogP contribution is -2.44. The van der Waals surface area contributed by atoms with Crippen LogP contribution in [0.2, 0.25) is 0 Å². The van der Waals surface area contributed by atoms with E-state index in [4.69, 9.17) is 10.2 Å². The predicted octanol–water partition coefficient (Wildman–Crippen LogP) is -2.28. The number of hydrogen-bond donors (Lipinski definition) is 4. The van der Waals surface area contributed by atoms with Crippen molar-refractivity contribution < 1.29 is 15.0 Å². The average molecular weight is 134 g/mol. The van der Waals surface area contributed by atoms with Crippen molar-refractivity contribution in [2.24, 2.45) is 5.84 Å². The van der Waals surface area contributed by atoms with Crippen molar-refractivity contribution in [3.63, 3.8) is 0 Å². The van der Waals surface area contributed by atoms with Crippen LogP contribution in [0.3, 0.4) is 0 Å². The Labute approximate surface area is 52.4 Å². The standard InChI is InChI=1S/C4H10N2O3/c1-2(7)3(8)4(9)6-5/h2-3,7-8H,5H2,1H3,(H,6,9)/t2-,3+/m0/s1. The fourth-order valence-electron chi connectivity index (χ4n) is 0.304. The summed E-state index contributed by atoms with van der Waals surface area (Å²) in [5.74, 6) is 3.85. The molecule has 0 heterocycles. The molecule has 9 heavy (non-hydrogen) atoms. The molecule has 0 saturated heterocycles. The predicted molar refractivity (Wildman–Crippen MR) is 30.0 cm³/mol. The van der Waals surface area contributed by atoms with E-state index in [2.05, 4.69) is 5.84 Å². The maximum Gasteiger partial charge on any atom is 0.265 e. The Bertz CT molecular complexity index is 104. The van der Waals surface area contributed by atoms with Crippen molar-refractivity contribution in [2.75, 3.05) is 0 Å².